The van der Waals surface area contributed by atoms with Crippen LogP contribution in [0.2, 0.25) is 0 Å². The van der Waals surface area contributed by atoms with Gasteiger partial charge in [0.15, 0.2) is 0 Å². The van der Waals surface area contributed by atoms with E-state index in [0.29, 0.717) is 0 Å². The summed E-state index contributed by atoms with van der Waals surface area (Å²) in [5.74, 6) is 6.74. The van der Waals surface area contributed by atoms with E-state index in [9.17, 15) is 0 Å². The maximum absolute atomic E-state index is 3.27. The van der Waals surface area contributed by atoms with E-state index in [1.165, 1.54) is 5.56 Å². The van der Waals surface area contributed by atoms with Gasteiger partial charge in [-0.2, -0.15) is 0 Å². The zero-order valence-corrected chi connectivity index (χ0v) is 9.35. The van der Waals surface area contributed by atoms with Crippen LogP contribution >= 0.6 is 0 Å². The molecule has 0 aromatic heterocycles. The quantitative estimate of drug-likeness (QED) is 0.622. The molecule has 0 saturated carbocycles. The fourth-order valence-electron chi connectivity index (χ4n) is 1.54. The van der Waals surface area contributed by atoms with Crippen molar-refractivity contribution in [2.24, 2.45) is 0 Å². The van der Waals surface area contributed by atoms with Crippen LogP contribution in [0.25, 0.3) is 0 Å². The lowest BCUT2D eigenvalue weighted by molar-refractivity contribution is 1.00. The molecule has 0 aliphatic heterocycles. The molecule has 0 aliphatic carbocycles. The molecule has 0 nitrogen and oxygen atoms in total. The van der Waals surface area contributed by atoms with Gasteiger partial charge < -0.3 is 0 Å². The standard InChI is InChI=1S/C16H14/c1-14(16-10-6-3-7-11-16)12-13-15-8-4-2-5-9-15/h2-11,14H,1H3/t14-/m0/s1. The Morgan fingerprint density at radius 1 is 0.812 bits per heavy atom. The molecule has 78 valence electrons. The molecular weight excluding hydrogens is 192 g/mol. The summed E-state index contributed by atoms with van der Waals surface area (Å²) in [5.41, 5.74) is 2.34. The Kier molecular flexibility index (Phi) is 3.41. The van der Waals surface area contributed by atoms with Crippen molar-refractivity contribution in [1.82, 2.24) is 0 Å². The monoisotopic (exact) mass is 206 g/mol. The van der Waals surface area contributed by atoms with Gasteiger partial charge in [0, 0.05) is 11.5 Å². The molecule has 0 saturated heterocycles. The molecule has 0 fully saturated rings. The van der Waals surface area contributed by atoms with Gasteiger partial charge in [-0.3, -0.25) is 0 Å². The predicted octanol–water partition coefficient (Wildman–Crippen LogP) is 3.84. The second-order valence-corrected chi connectivity index (χ2v) is 3.77. The maximum Gasteiger partial charge on any atom is 0.0427 e. The topological polar surface area (TPSA) is 0 Å². The minimum absolute atomic E-state index is 0.279. The molecular formula is C16H14. The Labute approximate surface area is 96.9 Å². The first-order valence-corrected chi connectivity index (χ1v) is 5.48. The first-order valence-electron chi connectivity index (χ1n) is 5.48. The van der Waals surface area contributed by atoms with Crippen LogP contribution in [-0.2, 0) is 0 Å². The van der Waals surface area contributed by atoms with Crippen LogP contribution < -0.4 is 0 Å². The summed E-state index contributed by atoms with van der Waals surface area (Å²) >= 11 is 0. The molecule has 2 aromatic rings. The molecule has 0 unspecified atom stereocenters. The van der Waals surface area contributed by atoms with Gasteiger partial charge in [-0.15, -0.1) is 0 Å². The second kappa shape index (κ2) is 5.19. The minimum Gasteiger partial charge on any atom is -0.0900 e. The van der Waals surface area contributed by atoms with Crippen LogP contribution in [0.15, 0.2) is 60.7 Å². The van der Waals surface area contributed by atoms with Gasteiger partial charge in [0.05, 0.1) is 0 Å². The maximum atomic E-state index is 3.27. The van der Waals surface area contributed by atoms with Crippen molar-refractivity contribution in [3.8, 4) is 11.8 Å². The van der Waals surface area contributed by atoms with E-state index in [1.54, 1.807) is 0 Å². The lowest BCUT2D eigenvalue weighted by Gasteiger charge is -2.02. The largest absolute Gasteiger partial charge is 0.0900 e. The Balaban J connectivity index is 2.15. The molecule has 0 heteroatoms. The van der Waals surface area contributed by atoms with Crippen molar-refractivity contribution < 1.29 is 0 Å². The van der Waals surface area contributed by atoms with E-state index in [0.717, 1.165) is 5.56 Å². The van der Waals surface area contributed by atoms with Crippen LogP contribution in [-0.4, -0.2) is 0 Å². The highest BCUT2D eigenvalue weighted by atomic mass is 14.0. The van der Waals surface area contributed by atoms with Gasteiger partial charge in [-0.05, 0) is 24.6 Å². The number of benzene rings is 2. The normalized spacial score (nSPS) is 11.3. The third kappa shape index (κ3) is 2.74. The van der Waals surface area contributed by atoms with Crippen LogP contribution in [0.5, 0.6) is 0 Å². The summed E-state index contributed by atoms with van der Waals surface area (Å²) in [5, 5.41) is 0. The molecule has 0 amide bonds. The third-order valence-corrected chi connectivity index (χ3v) is 2.51. The summed E-state index contributed by atoms with van der Waals surface area (Å²) in [4.78, 5) is 0. The molecule has 0 N–H and O–H groups in total. The Morgan fingerprint density at radius 3 is 2.00 bits per heavy atom. The SMILES string of the molecule is C[C@@H](C#Cc1ccccc1)c1ccccc1. The third-order valence-electron chi connectivity index (χ3n) is 2.51. The lowest BCUT2D eigenvalue weighted by Crippen LogP contribution is -1.88. The Bertz CT molecular complexity index is 486. The summed E-state index contributed by atoms with van der Waals surface area (Å²) in [6, 6.07) is 20.5. The summed E-state index contributed by atoms with van der Waals surface area (Å²) < 4.78 is 0. The van der Waals surface area contributed by atoms with Crippen molar-refractivity contribution in [1.29, 1.82) is 0 Å². The highest BCUT2D eigenvalue weighted by Crippen LogP contribution is 2.13. The first kappa shape index (κ1) is 10.5. The van der Waals surface area contributed by atoms with Gasteiger partial charge in [-0.25, -0.2) is 0 Å². The van der Waals surface area contributed by atoms with Crippen molar-refractivity contribution in [2.75, 3.05) is 0 Å². The van der Waals surface area contributed by atoms with Crippen LogP contribution in [0.4, 0.5) is 0 Å². The number of hydrogen-bond acceptors (Lipinski definition) is 0. The zero-order chi connectivity index (χ0) is 11.2. The first-order chi connectivity index (χ1) is 7.86. The fourth-order valence-corrected chi connectivity index (χ4v) is 1.54. The van der Waals surface area contributed by atoms with Crippen molar-refractivity contribution in [3.05, 3.63) is 71.8 Å². The highest BCUT2D eigenvalue weighted by Gasteiger charge is 1.98. The second-order valence-electron chi connectivity index (χ2n) is 3.77. The Hall–Kier alpha value is -2.00. The molecule has 0 aliphatic rings. The highest BCUT2D eigenvalue weighted by molar-refractivity contribution is 5.37. The van der Waals surface area contributed by atoms with Gasteiger partial charge in [0.1, 0.15) is 0 Å². The van der Waals surface area contributed by atoms with Crippen molar-refractivity contribution >= 4 is 0 Å². The summed E-state index contributed by atoms with van der Waals surface area (Å²) in [7, 11) is 0. The van der Waals surface area contributed by atoms with Crippen LogP contribution in [0, 0.1) is 11.8 Å². The molecule has 16 heavy (non-hydrogen) atoms. The smallest absolute Gasteiger partial charge is 0.0427 e. The van der Waals surface area contributed by atoms with Crippen LogP contribution in [0.1, 0.15) is 24.0 Å². The lowest BCUT2D eigenvalue weighted by atomic mass is 10.0. The molecule has 2 rings (SSSR count). The average Bonchev–Trinajstić information content (AvgIpc) is 2.38. The molecule has 0 spiro atoms. The summed E-state index contributed by atoms with van der Waals surface area (Å²) in [6.07, 6.45) is 0. The van der Waals surface area contributed by atoms with Crippen molar-refractivity contribution in [2.45, 2.75) is 12.8 Å². The number of rotatable bonds is 1. The molecule has 2 aromatic carbocycles. The summed E-state index contributed by atoms with van der Waals surface area (Å²) in [6.45, 7) is 2.13. The Morgan fingerprint density at radius 2 is 1.38 bits per heavy atom. The number of hydrogen-bond donors (Lipinski definition) is 0. The minimum atomic E-state index is 0.279. The van der Waals surface area contributed by atoms with E-state index in [2.05, 4.69) is 43.0 Å². The molecule has 0 bridgehead atoms. The van der Waals surface area contributed by atoms with Gasteiger partial charge in [0.2, 0.25) is 0 Å². The zero-order valence-electron chi connectivity index (χ0n) is 9.35. The average molecular weight is 206 g/mol. The van der Waals surface area contributed by atoms with Gasteiger partial charge in [-0.1, -0.05) is 60.4 Å². The van der Waals surface area contributed by atoms with Crippen LogP contribution in [0.3, 0.4) is 0 Å². The van der Waals surface area contributed by atoms with Crippen molar-refractivity contribution in [3.63, 3.8) is 0 Å². The van der Waals surface area contributed by atoms with Gasteiger partial charge >= 0.3 is 0 Å². The molecule has 0 radical (unpaired) electrons. The van der Waals surface area contributed by atoms with E-state index in [1.807, 2.05) is 36.4 Å². The van der Waals surface area contributed by atoms with E-state index >= 15 is 0 Å². The van der Waals surface area contributed by atoms with E-state index < -0.39 is 0 Å². The fraction of sp³-hybridized carbons (Fsp3) is 0.125. The molecule has 0 heterocycles. The molecule has 1 atom stereocenters. The van der Waals surface area contributed by atoms with E-state index in [-0.39, 0.29) is 5.92 Å². The van der Waals surface area contributed by atoms with Gasteiger partial charge in [0.25, 0.3) is 0 Å². The predicted molar refractivity (Wildman–Crippen MR) is 68.2 cm³/mol. The van der Waals surface area contributed by atoms with E-state index in [4.69, 9.17) is 0 Å².